The maximum atomic E-state index is 12.2. The van der Waals surface area contributed by atoms with Crippen molar-refractivity contribution >= 4 is 68.3 Å². The molecule has 0 radical (unpaired) electrons. The van der Waals surface area contributed by atoms with Gasteiger partial charge < -0.3 is 4.74 Å². The van der Waals surface area contributed by atoms with Gasteiger partial charge in [0.25, 0.3) is 22.5 Å². The van der Waals surface area contributed by atoms with E-state index in [1.54, 1.807) is 26.4 Å². The summed E-state index contributed by atoms with van der Waals surface area (Å²) in [5.41, 5.74) is 0. The van der Waals surface area contributed by atoms with E-state index in [1.165, 1.54) is 43.7 Å². The Kier molecular flexibility index (Phi) is 17.1. The fourth-order valence-corrected chi connectivity index (χ4v) is 2.68. The minimum Gasteiger partial charge on any atom is -0.369 e. The van der Waals surface area contributed by atoms with Gasteiger partial charge in [0.15, 0.2) is 0 Å². The van der Waals surface area contributed by atoms with Crippen molar-refractivity contribution in [3.05, 3.63) is 12.7 Å². The van der Waals surface area contributed by atoms with Crippen molar-refractivity contribution in [2.45, 2.75) is 20.0 Å². The third-order valence-electron chi connectivity index (χ3n) is 3.22. The van der Waals surface area contributed by atoms with Gasteiger partial charge in [-0.25, -0.2) is 26.6 Å². The second-order valence-electron chi connectivity index (χ2n) is 5.59. The highest BCUT2D eigenvalue weighted by Crippen LogP contribution is 2.07. The van der Waals surface area contributed by atoms with Gasteiger partial charge >= 0.3 is 12.2 Å². The Bertz CT molecular complexity index is 710. The topological polar surface area (TPSA) is 146 Å². The van der Waals surface area contributed by atoms with Gasteiger partial charge in [-0.3, -0.25) is 18.0 Å². The maximum absolute atomic E-state index is 12.2. The fourth-order valence-electron chi connectivity index (χ4n) is 1.29. The lowest BCUT2D eigenvalue weighted by Crippen LogP contribution is -2.35. The first-order valence-electron chi connectivity index (χ1n) is 8.96. The van der Waals surface area contributed by atoms with Crippen LogP contribution in [0.5, 0.6) is 0 Å². The number of rotatable bonds is 13. The lowest BCUT2D eigenvalue weighted by Gasteiger charge is -2.19. The average Bonchev–Trinajstić information content (AvgIpc) is 2.82. The van der Waals surface area contributed by atoms with Crippen LogP contribution >= 0.6 is 23.5 Å². The van der Waals surface area contributed by atoms with E-state index in [-0.39, 0.29) is 19.8 Å². The van der Waals surface area contributed by atoms with Crippen LogP contribution in [0.1, 0.15) is 13.8 Å². The molecule has 0 aliphatic heterocycles. The van der Waals surface area contributed by atoms with Gasteiger partial charge in [0, 0.05) is 14.1 Å². The Morgan fingerprint density at radius 3 is 1.67 bits per heavy atom. The second-order valence-corrected chi connectivity index (χ2v) is 10.0. The van der Waals surface area contributed by atoms with E-state index in [2.05, 4.69) is 26.6 Å². The van der Waals surface area contributed by atoms with E-state index < -0.39 is 40.8 Å². The van der Waals surface area contributed by atoms with Crippen LogP contribution in [0.3, 0.4) is 0 Å². The molecule has 0 saturated carbocycles. The highest BCUT2D eigenvalue weighted by atomic mass is 32.2. The zero-order valence-corrected chi connectivity index (χ0v) is 22.3. The van der Waals surface area contributed by atoms with Crippen LogP contribution in [0.4, 0.5) is 9.59 Å². The van der Waals surface area contributed by atoms with Crippen LogP contribution < -0.4 is 0 Å². The molecule has 0 spiro atoms. The summed E-state index contributed by atoms with van der Waals surface area (Å²) in [6, 6.07) is 0. The van der Waals surface area contributed by atoms with Crippen LogP contribution in [-0.4, -0.2) is 91.8 Å². The molecule has 2 unspecified atom stereocenters. The van der Waals surface area contributed by atoms with Crippen molar-refractivity contribution in [3.8, 4) is 0 Å². The van der Waals surface area contributed by atoms with Crippen molar-refractivity contribution in [2.24, 2.45) is 10.3 Å². The summed E-state index contributed by atoms with van der Waals surface area (Å²) in [6.45, 7) is 6.24. The van der Waals surface area contributed by atoms with Crippen molar-refractivity contribution < 1.29 is 40.8 Å². The molecule has 0 aliphatic carbocycles. The number of carbonyl (C=O) groups excluding carboxylic acids is 2. The molecule has 0 aromatic heterocycles. The Hall–Kier alpha value is -1.50. The maximum Gasteiger partial charge on any atom is 0.449 e. The van der Waals surface area contributed by atoms with E-state index in [9.17, 15) is 18.0 Å². The number of amides is 2. The quantitative estimate of drug-likeness (QED) is 0.110. The lowest BCUT2D eigenvalue weighted by atomic mass is 10.4. The Labute approximate surface area is 206 Å². The van der Waals surface area contributed by atoms with Crippen molar-refractivity contribution in [2.75, 3.05) is 46.4 Å². The molecule has 190 valence electrons. The lowest BCUT2D eigenvalue weighted by molar-refractivity contribution is 0.00964. The molecule has 0 bridgehead atoms. The summed E-state index contributed by atoms with van der Waals surface area (Å²) in [7, 11) is 2.38. The zero-order chi connectivity index (χ0) is 25.4. The van der Waals surface area contributed by atoms with Crippen LogP contribution in [0.15, 0.2) is 23.0 Å². The van der Waals surface area contributed by atoms with Gasteiger partial charge in [-0.15, -0.1) is 30.1 Å². The Morgan fingerprint density at radius 2 is 1.33 bits per heavy atom. The summed E-state index contributed by atoms with van der Waals surface area (Å²) < 4.78 is 41.3. The molecule has 0 rings (SSSR count). The highest BCUT2D eigenvalue weighted by molar-refractivity contribution is 8.13. The average molecular weight is 549 g/mol. The fraction of sp³-hybridized carbons (Fsp3) is 0.625. The number of ether oxygens (including phenoxy) is 1. The van der Waals surface area contributed by atoms with E-state index in [0.29, 0.717) is 18.7 Å². The van der Waals surface area contributed by atoms with Crippen LogP contribution in [0.25, 0.3) is 0 Å². The van der Waals surface area contributed by atoms with Gasteiger partial charge in [-0.1, -0.05) is 16.4 Å². The summed E-state index contributed by atoms with van der Waals surface area (Å²) in [5, 5.41) is 8.08. The first-order valence-corrected chi connectivity index (χ1v) is 13.5. The third-order valence-corrected chi connectivity index (χ3v) is 6.41. The molecule has 2 amide bonds. The van der Waals surface area contributed by atoms with Gasteiger partial charge in [0.2, 0.25) is 0 Å². The largest absolute Gasteiger partial charge is 0.449 e. The van der Waals surface area contributed by atoms with Crippen molar-refractivity contribution in [1.29, 1.82) is 0 Å². The minimum atomic E-state index is -2.23. The number of hydrogen-bond donors (Lipinski definition) is 0. The summed E-state index contributed by atoms with van der Waals surface area (Å²) in [5.74, 6) is 0. The summed E-state index contributed by atoms with van der Waals surface area (Å²) in [4.78, 5) is 32.9. The smallest absolute Gasteiger partial charge is 0.369 e. The van der Waals surface area contributed by atoms with Crippen molar-refractivity contribution in [3.63, 3.8) is 0 Å². The molecular formula is C16H28N4O9S4. The van der Waals surface area contributed by atoms with Crippen LogP contribution in [-0.2, 0) is 45.3 Å². The van der Waals surface area contributed by atoms with Gasteiger partial charge in [0.05, 0.1) is 19.8 Å². The van der Waals surface area contributed by atoms with E-state index >= 15 is 0 Å². The molecule has 2 atom stereocenters. The summed E-state index contributed by atoms with van der Waals surface area (Å²) in [6.07, 6.45) is 2.09. The molecule has 0 aliphatic rings. The molecule has 0 aromatic rings. The van der Waals surface area contributed by atoms with E-state index in [0.717, 1.165) is 0 Å². The minimum absolute atomic E-state index is 0.0811. The second kappa shape index (κ2) is 17.9. The number of oxime groups is 2. The molecule has 0 heterocycles. The molecule has 0 fully saturated rings. The third kappa shape index (κ3) is 13.7. The van der Waals surface area contributed by atoms with Crippen LogP contribution in [0, 0.1) is 0 Å². The first kappa shape index (κ1) is 31.5. The predicted octanol–water partition coefficient (Wildman–Crippen LogP) is 2.28. The number of hydrogen-bond acceptors (Lipinski definition) is 13. The standard InChI is InChI=1S/C16H28N4O9S4/c1-8-9-25-14(10-26-32(23)19(4)15(21)28-17-12(2)30-6)11-27-33(24)20(5)16(22)29-18-13(3)31-7/h8,14H,1,9-11H2,2-7H3. The molecular weight excluding hydrogens is 520 g/mol. The monoisotopic (exact) mass is 548 g/mol. The van der Waals surface area contributed by atoms with Crippen LogP contribution in [0.2, 0.25) is 0 Å². The molecule has 17 heteroatoms. The van der Waals surface area contributed by atoms with E-state index in [4.69, 9.17) is 13.1 Å². The SMILES string of the molecule is C=CCOC(COS(=O)N(C)C(=O)ON=C(C)SC)COS(=O)N(C)C(=O)ON=C(C)SC. The molecule has 0 aromatic carbocycles. The molecule has 33 heavy (non-hydrogen) atoms. The number of nitrogens with zero attached hydrogens (tertiary/aromatic N) is 4. The van der Waals surface area contributed by atoms with E-state index in [1.807, 2.05) is 0 Å². The Balaban J connectivity index is 4.77. The molecule has 13 nitrogen and oxygen atoms in total. The highest BCUT2D eigenvalue weighted by Gasteiger charge is 2.23. The first-order chi connectivity index (χ1) is 15.6. The van der Waals surface area contributed by atoms with Gasteiger partial charge in [0.1, 0.15) is 16.2 Å². The van der Waals surface area contributed by atoms with Crippen molar-refractivity contribution in [1.82, 2.24) is 8.61 Å². The van der Waals surface area contributed by atoms with Gasteiger partial charge in [-0.05, 0) is 26.4 Å². The zero-order valence-electron chi connectivity index (χ0n) is 19.1. The molecule has 0 saturated heterocycles. The van der Waals surface area contributed by atoms with Gasteiger partial charge in [-0.2, -0.15) is 0 Å². The predicted molar refractivity (Wildman–Crippen MR) is 130 cm³/mol. The molecule has 0 N–H and O–H groups in total. The summed E-state index contributed by atoms with van der Waals surface area (Å²) >= 11 is -1.93. The Morgan fingerprint density at radius 1 is 0.939 bits per heavy atom. The number of thioether (sulfide) groups is 2. The normalized spacial score (nSPS) is 14.7. The number of carbonyl (C=O) groups is 2.